The monoisotopic (exact) mass is 576 g/mol. The molecule has 0 atom stereocenters. The molecular formula is C45H36. The van der Waals surface area contributed by atoms with Crippen LogP contribution in [0.25, 0.3) is 77.2 Å². The topological polar surface area (TPSA) is 0 Å². The summed E-state index contributed by atoms with van der Waals surface area (Å²) in [4.78, 5) is 0. The molecule has 0 aliphatic heterocycles. The van der Waals surface area contributed by atoms with Gasteiger partial charge in [0.2, 0.25) is 0 Å². The highest BCUT2D eigenvalue weighted by Crippen LogP contribution is 2.52. The molecule has 9 rings (SSSR count). The molecule has 0 radical (unpaired) electrons. The van der Waals surface area contributed by atoms with Gasteiger partial charge in [0, 0.05) is 5.41 Å². The van der Waals surface area contributed by atoms with Crippen LogP contribution < -0.4 is 0 Å². The van der Waals surface area contributed by atoms with Crippen molar-refractivity contribution in [3.8, 4) is 55.6 Å². The largest absolute Gasteiger partial charge is 0.0616 e. The lowest BCUT2D eigenvalue weighted by molar-refractivity contribution is 0.584. The van der Waals surface area contributed by atoms with Crippen LogP contribution in [0.15, 0.2) is 127 Å². The van der Waals surface area contributed by atoms with Gasteiger partial charge in [0.15, 0.2) is 0 Å². The van der Waals surface area contributed by atoms with Gasteiger partial charge in [-0.25, -0.2) is 0 Å². The molecule has 216 valence electrons. The van der Waals surface area contributed by atoms with Gasteiger partial charge in [-0.1, -0.05) is 144 Å². The van der Waals surface area contributed by atoms with Crippen LogP contribution in [0.3, 0.4) is 0 Å². The molecular weight excluding hydrogens is 540 g/mol. The second-order valence-corrected chi connectivity index (χ2v) is 14.6. The van der Waals surface area contributed by atoms with Crippen molar-refractivity contribution >= 4 is 21.5 Å². The fourth-order valence-corrected chi connectivity index (χ4v) is 8.02. The molecule has 0 nitrogen and oxygen atoms in total. The Morgan fingerprint density at radius 2 is 0.978 bits per heavy atom. The summed E-state index contributed by atoms with van der Waals surface area (Å²) in [5, 5.41) is 5.29. The molecule has 0 heteroatoms. The van der Waals surface area contributed by atoms with Gasteiger partial charge in [-0.3, -0.25) is 0 Å². The van der Waals surface area contributed by atoms with Gasteiger partial charge in [-0.05, 0) is 117 Å². The Kier molecular flexibility index (Phi) is 5.32. The zero-order valence-corrected chi connectivity index (χ0v) is 26.6. The number of hydrogen-bond donors (Lipinski definition) is 0. The minimum absolute atomic E-state index is 0.0318. The molecule has 7 aromatic rings. The molecule has 0 saturated carbocycles. The van der Waals surface area contributed by atoms with Crippen LogP contribution in [-0.2, 0) is 10.8 Å². The normalized spacial score (nSPS) is 14.1. The first kappa shape index (κ1) is 26.5. The minimum atomic E-state index is -0.0318. The minimum Gasteiger partial charge on any atom is -0.0616 e. The summed E-state index contributed by atoms with van der Waals surface area (Å²) in [7, 11) is 0. The van der Waals surface area contributed by atoms with E-state index in [2.05, 4.69) is 162 Å². The second-order valence-electron chi connectivity index (χ2n) is 14.6. The van der Waals surface area contributed by atoms with Gasteiger partial charge < -0.3 is 0 Å². The van der Waals surface area contributed by atoms with Crippen LogP contribution in [0.2, 0.25) is 0 Å². The quantitative estimate of drug-likeness (QED) is 0.192. The van der Waals surface area contributed by atoms with Crippen molar-refractivity contribution in [2.24, 2.45) is 0 Å². The van der Waals surface area contributed by atoms with Crippen LogP contribution in [0.5, 0.6) is 0 Å². The summed E-state index contributed by atoms with van der Waals surface area (Å²) >= 11 is 0. The van der Waals surface area contributed by atoms with E-state index in [0.29, 0.717) is 0 Å². The zero-order chi connectivity index (χ0) is 30.7. The van der Waals surface area contributed by atoms with Crippen molar-refractivity contribution in [1.82, 2.24) is 0 Å². The average Bonchev–Trinajstić information content (AvgIpc) is 3.48. The lowest BCUT2D eigenvalue weighted by atomic mass is 9.78. The Morgan fingerprint density at radius 3 is 1.67 bits per heavy atom. The van der Waals surface area contributed by atoms with Crippen LogP contribution >= 0.6 is 0 Å². The molecule has 0 heterocycles. The van der Waals surface area contributed by atoms with E-state index in [-0.39, 0.29) is 10.8 Å². The summed E-state index contributed by atoms with van der Waals surface area (Å²) in [6.45, 7) is 11.7. The van der Waals surface area contributed by atoms with E-state index in [0.717, 1.165) is 0 Å². The van der Waals surface area contributed by atoms with Crippen LogP contribution in [-0.4, -0.2) is 0 Å². The first-order chi connectivity index (χ1) is 21.7. The van der Waals surface area contributed by atoms with Crippen molar-refractivity contribution in [2.75, 3.05) is 0 Å². The maximum absolute atomic E-state index is 2.45. The lowest BCUT2D eigenvalue weighted by Crippen LogP contribution is -2.17. The van der Waals surface area contributed by atoms with Gasteiger partial charge >= 0.3 is 0 Å². The van der Waals surface area contributed by atoms with Crippen molar-refractivity contribution in [3.05, 3.63) is 144 Å². The molecule has 2 aliphatic carbocycles. The van der Waals surface area contributed by atoms with Crippen molar-refractivity contribution in [2.45, 2.75) is 45.4 Å². The number of hydrogen-bond acceptors (Lipinski definition) is 0. The molecule has 7 aromatic carbocycles. The van der Waals surface area contributed by atoms with Crippen molar-refractivity contribution in [3.63, 3.8) is 0 Å². The molecule has 0 unspecified atom stereocenters. The van der Waals surface area contributed by atoms with E-state index in [1.165, 1.54) is 93.9 Å². The Morgan fingerprint density at radius 1 is 0.422 bits per heavy atom. The fourth-order valence-electron chi connectivity index (χ4n) is 8.02. The Hall–Kier alpha value is -4.94. The average molecular weight is 577 g/mol. The second kappa shape index (κ2) is 9.05. The zero-order valence-electron chi connectivity index (χ0n) is 26.6. The lowest BCUT2D eigenvalue weighted by Gasteiger charge is -2.25. The molecule has 0 N–H and O–H groups in total. The van der Waals surface area contributed by atoms with Crippen molar-refractivity contribution < 1.29 is 0 Å². The van der Waals surface area contributed by atoms with E-state index in [1.54, 1.807) is 0 Å². The first-order valence-electron chi connectivity index (χ1n) is 16.2. The highest BCUT2D eigenvalue weighted by atomic mass is 14.4. The Balaban J connectivity index is 1.10. The number of fused-ring (bicyclic) bond motifs is 7. The summed E-state index contributed by atoms with van der Waals surface area (Å²) in [5.74, 6) is 0. The van der Waals surface area contributed by atoms with Crippen molar-refractivity contribution in [1.29, 1.82) is 0 Å². The third kappa shape index (κ3) is 3.78. The van der Waals surface area contributed by atoms with Gasteiger partial charge in [0.05, 0.1) is 0 Å². The van der Waals surface area contributed by atoms with E-state index in [4.69, 9.17) is 0 Å². The first-order valence-corrected chi connectivity index (χ1v) is 16.2. The predicted molar refractivity (Wildman–Crippen MR) is 193 cm³/mol. The molecule has 0 fully saturated rings. The molecule has 0 amide bonds. The highest BCUT2D eigenvalue weighted by Gasteiger charge is 2.36. The van der Waals surface area contributed by atoms with Crippen LogP contribution in [0.1, 0.15) is 51.3 Å². The number of rotatable bonds is 2. The van der Waals surface area contributed by atoms with E-state index < -0.39 is 0 Å². The Labute approximate surface area is 266 Å². The maximum Gasteiger partial charge on any atom is 0.0159 e. The predicted octanol–water partition coefficient (Wildman–Crippen LogP) is 12.6. The van der Waals surface area contributed by atoms with E-state index in [9.17, 15) is 0 Å². The summed E-state index contributed by atoms with van der Waals surface area (Å²) in [5.41, 5.74) is 17.6. The third-order valence-corrected chi connectivity index (χ3v) is 10.6. The Bertz CT molecular complexity index is 2310. The summed E-state index contributed by atoms with van der Waals surface area (Å²) in [6, 6.07) is 48.3. The third-order valence-electron chi connectivity index (χ3n) is 10.6. The van der Waals surface area contributed by atoms with E-state index in [1.807, 2.05) is 0 Å². The maximum atomic E-state index is 2.45. The molecule has 0 bridgehead atoms. The highest BCUT2D eigenvalue weighted by molar-refractivity contribution is 6.20. The molecule has 2 aliphatic rings. The van der Waals surface area contributed by atoms with Gasteiger partial charge in [-0.15, -0.1) is 0 Å². The molecule has 0 aromatic heterocycles. The van der Waals surface area contributed by atoms with Gasteiger partial charge in [0.25, 0.3) is 0 Å². The van der Waals surface area contributed by atoms with E-state index >= 15 is 0 Å². The fraction of sp³-hybridized carbons (Fsp3) is 0.156. The molecule has 45 heavy (non-hydrogen) atoms. The summed E-state index contributed by atoms with van der Waals surface area (Å²) in [6.07, 6.45) is 0. The summed E-state index contributed by atoms with van der Waals surface area (Å²) < 4.78 is 0. The van der Waals surface area contributed by atoms with Gasteiger partial charge in [0.1, 0.15) is 0 Å². The van der Waals surface area contributed by atoms with Crippen LogP contribution in [0.4, 0.5) is 0 Å². The number of benzene rings is 7. The standard InChI is InChI=1S/C45H36/c1-44(2,3)32-18-20-35-34-19-17-31(25-41(34)45(4,5)42(35)26-32)27-13-15-28(16-14-27)33-21-22-38-40-24-30-10-7-6-9-29(30)23-39(40)37-12-8-11-36(33)43(37)38/h6-26H,1-5H3. The SMILES string of the molecule is CC(C)(C)c1ccc2c(c1)C(C)(C)c1cc(-c3ccc(-c4ccc5c6c(cccc46)-c4cc6ccccc6cc4-5)cc3)ccc1-2. The smallest absolute Gasteiger partial charge is 0.0159 e. The molecule has 0 spiro atoms. The van der Waals surface area contributed by atoms with Crippen LogP contribution in [0, 0.1) is 0 Å². The molecule has 0 saturated heterocycles. The van der Waals surface area contributed by atoms with Gasteiger partial charge in [-0.2, -0.15) is 0 Å².